The molecule has 0 aliphatic carbocycles. The molecule has 0 saturated heterocycles. The first-order valence-electron chi connectivity index (χ1n) is 6.22. The molecule has 3 rings (SSSR count). The van der Waals surface area contributed by atoms with E-state index in [1.54, 1.807) is 4.68 Å². The molecule has 2 N–H and O–H groups in total. The Morgan fingerprint density at radius 3 is 3.00 bits per heavy atom. The van der Waals surface area contributed by atoms with Crippen molar-refractivity contribution in [3.05, 3.63) is 30.0 Å². The summed E-state index contributed by atoms with van der Waals surface area (Å²) >= 11 is 0. The van der Waals surface area contributed by atoms with E-state index in [-0.39, 0.29) is 0 Å². The molecule has 2 aromatic rings. The minimum Gasteiger partial charge on any atom is -0.490 e. The number of aromatic nitrogens is 2. The van der Waals surface area contributed by atoms with Crippen LogP contribution in [0, 0.1) is 0 Å². The Labute approximate surface area is 106 Å². The first-order valence-corrected chi connectivity index (χ1v) is 6.22. The van der Waals surface area contributed by atoms with E-state index in [1.165, 1.54) is 5.56 Å². The summed E-state index contributed by atoms with van der Waals surface area (Å²) in [5.74, 6) is 1.69. The van der Waals surface area contributed by atoms with E-state index < -0.39 is 0 Å². The molecule has 0 fully saturated rings. The van der Waals surface area contributed by atoms with Crippen LogP contribution in [0.15, 0.2) is 24.4 Å². The van der Waals surface area contributed by atoms with Crippen LogP contribution in [-0.4, -0.2) is 15.9 Å². The Morgan fingerprint density at radius 1 is 1.44 bits per heavy atom. The predicted octanol–water partition coefficient (Wildman–Crippen LogP) is 2.38. The maximum absolute atomic E-state index is 6.00. The summed E-state index contributed by atoms with van der Waals surface area (Å²) in [6, 6.07) is 6.24. The van der Waals surface area contributed by atoms with E-state index >= 15 is 0 Å². The summed E-state index contributed by atoms with van der Waals surface area (Å²) in [5, 5.41) is 4.18. The van der Waals surface area contributed by atoms with Gasteiger partial charge in [0.2, 0.25) is 0 Å². The third-order valence-electron chi connectivity index (χ3n) is 3.50. The highest BCUT2D eigenvalue weighted by atomic mass is 16.5. The normalized spacial score (nSPS) is 18.2. The lowest BCUT2D eigenvalue weighted by Gasteiger charge is -2.23. The van der Waals surface area contributed by atoms with Crippen LogP contribution in [0.5, 0.6) is 5.75 Å². The Balaban J connectivity index is 2.02. The standard InChI is InChI=1S/C14H17N3O/c1-9-3-4-11-7-10(5-6-13(11)18-9)12-8-16-17(2)14(12)15/h5-9H,3-4,15H2,1-2H3. The van der Waals surface area contributed by atoms with Crippen molar-refractivity contribution in [2.24, 2.45) is 7.05 Å². The Hall–Kier alpha value is -1.97. The van der Waals surface area contributed by atoms with Gasteiger partial charge in [0.25, 0.3) is 0 Å². The Morgan fingerprint density at radius 2 is 2.28 bits per heavy atom. The average Bonchev–Trinajstić information content (AvgIpc) is 2.69. The molecule has 2 heterocycles. The second kappa shape index (κ2) is 4.05. The van der Waals surface area contributed by atoms with Crippen LogP contribution in [0.1, 0.15) is 18.9 Å². The minimum absolute atomic E-state index is 0.312. The molecule has 94 valence electrons. The second-order valence-corrected chi connectivity index (χ2v) is 4.86. The summed E-state index contributed by atoms with van der Waals surface area (Å²) in [5.41, 5.74) is 9.35. The topological polar surface area (TPSA) is 53.1 Å². The predicted molar refractivity (Wildman–Crippen MR) is 71.5 cm³/mol. The Bertz CT molecular complexity index is 589. The molecule has 4 nitrogen and oxygen atoms in total. The van der Waals surface area contributed by atoms with Crippen LogP contribution in [0.4, 0.5) is 5.82 Å². The van der Waals surface area contributed by atoms with Gasteiger partial charge in [-0.2, -0.15) is 5.10 Å². The zero-order chi connectivity index (χ0) is 12.7. The minimum atomic E-state index is 0.312. The largest absolute Gasteiger partial charge is 0.490 e. The first kappa shape index (κ1) is 11.1. The highest BCUT2D eigenvalue weighted by Crippen LogP contribution is 2.33. The third kappa shape index (κ3) is 1.74. The van der Waals surface area contributed by atoms with Gasteiger partial charge in [-0.3, -0.25) is 4.68 Å². The van der Waals surface area contributed by atoms with Crippen LogP contribution in [0.25, 0.3) is 11.1 Å². The van der Waals surface area contributed by atoms with Gasteiger partial charge in [0, 0.05) is 12.6 Å². The number of ether oxygens (including phenoxy) is 1. The molecule has 0 saturated carbocycles. The van der Waals surface area contributed by atoms with Gasteiger partial charge < -0.3 is 10.5 Å². The van der Waals surface area contributed by atoms with Gasteiger partial charge in [-0.25, -0.2) is 0 Å². The van der Waals surface area contributed by atoms with Gasteiger partial charge in [-0.1, -0.05) is 6.07 Å². The first-order chi connectivity index (χ1) is 8.65. The fourth-order valence-electron chi connectivity index (χ4n) is 2.36. The highest BCUT2D eigenvalue weighted by Gasteiger charge is 2.17. The highest BCUT2D eigenvalue weighted by molar-refractivity contribution is 5.74. The van der Waals surface area contributed by atoms with Crippen LogP contribution >= 0.6 is 0 Å². The zero-order valence-corrected chi connectivity index (χ0v) is 10.7. The second-order valence-electron chi connectivity index (χ2n) is 4.86. The van der Waals surface area contributed by atoms with Gasteiger partial charge >= 0.3 is 0 Å². The van der Waals surface area contributed by atoms with Crippen LogP contribution < -0.4 is 10.5 Å². The number of hydrogen-bond acceptors (Lipinski definition) is 3. The molecule has 1 atom stereocenters. The fraction of sp³-hybridized carbons (Fsp3) is 0.357. The summed E-state index contributed by atoms with van der Waals surface area (Å²) in [4.78, 5) is 0. The molecule has 1 aromatic heterocycles. The van der Waals surface area contributed by atoms with Crippen molar-refractivity contribution in [3.63, 3.8) is 0 Å². The zero-order valence-electron chi connectivity index (χ0n) is 10.7. The van der Waals surface area contributed by atoms with Gasteiger partial charge in [0.15, 0.2) is 0 Å². The molecule has 0 radical (unpaired) electrons. The van der Waals surface area contributed by atoms with E-state index in [0.717, 1.165) is 29.7 Å². The van der Waals surface area contributed by atoms with Gasteiger partial charge in [-0.05, 0) is 43.0 Å². The SMILES string of the molecule is CC1CCc2cc(-c3cnn(C)c3N)ccc2O1. The van der Waals surface area contributed by atoms with Gasteiger partial charge in [-0.15, -0.1) is 0 Å². The smallest absolute Gasteiger partial charge is 0.129 e. The van der Waals surface area contributed by atoms with Gasteiger partial charge in [0.05, 0.1) is 12.3 Å². The van der Waals surface area contributed by atoms with Crippen LogP contribution in [0.3, 0.4) is 0 Å². The lowest BCUT2D eigenvalue weighted by Crippen LogP contribution is -2.18. The number of anilines is 1. The van der Waals surface area contributed by atoms with E-state index in [0.29, 0.717) is 11.9 Å². The molecule has 0 spiro atoms. The summed E-state index contributed by atoms with van der Waals surface area (Å²) < 4.78 is 7.49. The molecule has 18 heavy (non-hydrogen) atoms. The molecular weight excluding hydrogens is 226 g/mol. The number of rotatable bonds is 1. The number of aryl methyl sites for hydroxylation is 2. The number of nitrogens with two attached hydrogens (primary N) is 1. The molecule has 1 aromatic carbocycles. The Kier molecular flexibility index (Phi) is 2.51. The van der Waals surface area contributed by atoms with Crippen molar-refractivity contribution in [1.82, 2.24) is 9.78 Å². The van der Waals surface area contributed by atoms with Crippen molar-refractivity contribution in [3.8, 4) is 16.9 Å². The molecule has 0 amide bonds. The molecule has 1 aliphatic rings. The monoisotopic (exact) mass is 243 g/mol. The molecule has 0 bridgehead atoms. The van der Waals surface area contributed by atoms with Crippen molar-refractivity contribution in [2.75, 3.05) is 5.73 Å². The average molecular weight is 243 g/mol. The van der Waals surface area contributed by atoms with E-state index in [9.17, 15) is 0 Å². The maximum atomic E-state index is 6.00. The van der Waals surface area contributed by atoms with Crippen molar-refractivity contribution >= 4 is 5.82 Å². The molecule has 4 heteroatoms. The van der Waals surface area contributed by atoms with Crippen LogP contribution in [0.2, 0.25) is 0 Å². The van der Waals surface area contributed by atoms with Crippen molar-refractivity contribution < 1.29 is 4.74 Å². The number of fused-ring (bicyclic) bond motifs is 1. The summed E-state index contributed by atoms with van der Waals surface area (Å²) in [6.45, 7) is 2.11. The quantitative estimate of drug-likeness (QED) is 0.836. The molecular formula is C14H17N3O. The lowest BCUT2D eigenvalue weighted by molar-refractivity contribution is 0.192. The van der Waals surface area contributed by atoms with E-state index in [4.69, 9.17) is 10.5 Å². The molecule has 1 unspecified atom stereocenters. The summed E-state index contributed by atoms with van der Waals surface area (Å²) in [7, 11) is 1.85. The maximum Gasteiger partial charge on any atom is 0.129 e. The number of nitrogens with zero attached hydrogens (tertiary/aromatic N) is 2. The number of nitrogen functional groups attached to an aromatic ring is 1. The lowest BCUT2D eigenvalue weighted by atomic mass is 9.98. The summed E-state index contributed by atoms with van der Waals surface area (Å²) in [6.07, 6.45) is 4.25. The van der Waals surface area contributed by atoms with Gasteiger partial charge in [0.1, 0.15) is 11.6 Å². The van der Waals surface area contributed by atoms with Crippen LogP contribution in [-0.2, 0) is 13.5 Å². The van der Waals surface area contributed by atoms with E-state index in [2.05, 4.69) is 18.1 Å². The number of benzene rings is 1. The number of hydrogen-bond donors (Lipinski definition) is 1. The van der Waals surface area contributed by atoms with E-state index in [1.807, 2.05) is 25.4 Å². The van der Waals surface area contributed by atoms with Crippen molar-refractivity contribution in [1.29, 1.82) is 0 Å². The third-order valence-corrected chi connectivity index (χ3v) is 3.50. The fourth-order valence-corrected chi connectivity index (χ4v) is 2.36. The molecule has 1 aliphatic heterocycles. The van der Waals surface area contributed by atoms with Crippen molar-refractivity contribution in [2.45, 2.75) is 25.9 Å².